The monoisotopic (exact) mass is 391 g/mol. The van der Waals surface area contributed by atoms with Gasteiger partial charge in [-0.1, -0.05) is 12.1 Å². The first-order valence-electron chi connectivity index (χ1n) is 7.94. The summed E-state index contributed by atoms with van der Waals surface area (Å²) in [6.07, 6.45) is 1.91. The van der Waals surface area contributed by atoms with Crippen LogP contribution in [0, 0.1) is 0 Å². The van der Waals surface area contributed by atoms with Gasteiger partial charge in [0.05, 0.1) is 27.0 Å². The summed E-state index contributed by atoms with van der Waals surface area (Å²) in [6.45, 7) is -0.432. The molecule has 1 amide bonds. The number of para-hydroxylation sites is 1. The number of benzene rings is 2. The van der Waals surface area contributed by atoms with Gasteiger partial charge in [-0.2, -0.15) is 0 Å². The van der Waals surface area contributed by atoms with Crippen LogP contribution in [-0.4, -0.2) is 46.1 Å². The summed E-state index contributed by atoms with van der Waals surface area (Å²) in [6, 6.07) is 10.4. The molecule has 1 N–H and O–H groups in total. The van der Waals surface area contributed by atoms with E-state index in [1.54, 1.807) is 12.1 Å². The number of amides is 1. The Kier molecular flexibility index (Phi) is 7.36. The average molecular weight is 391 g/mol. The molecule has 0 aromatic heterocycles. The zero-order valence-electron chi connectivity index (χ0n) is 15.5. The highest BCUT2D eigenvalue weighted by molar-refractivity contribution is 7.98. The molecule has 0 radical (unpaired) electrons. The molecule has 0 aliphatic rings. The van der Waals surface area contributed by atoms with Crippen molar-refractivity contribution in [3.8, 4) is 17.2 Å². The number of rotatable bonds is 8. The van der Waals surface area contributed by atoms with Crippen molar-refractivity contribution in [2.75, 3.05) is 39.5 Å². The Morgan fingerprint density at radius 2 is 1.67 bits per heavy atom. The Balaban J connectivity index is 2.08. The molecule has 0 unspecified atom stereocenters. The van der Waals surface area contributed by atoms with Crippen LogP contribution < -0.4 is 19.5 Å². The number of carbonyl (C=O) groups excluding carboxylic acids is 2. The Labute approximate surface area is 161 Å². The van der Waals surface area contributed by atoms with Crippen LogP contribution in [0.4, 0.5) is 5.69 Å². The summed E-state index contributed by atoms with van der Waals surface area (Å²) in [5, 5.41) is 2.72. The molecule has 0 saturated carbocycles. The van der Waals surface area contributed by atoms with Crippen LogP contribution in [0.2, 0.25) is 0 Å². The van der Waals surface area contributed by atoms with E-state index in [1.165, 1.54) is 39.2 Å². The number of methoxy groups -OCH3 is 3. The largest absolute Gasteiger partial charge is 0.493 e. The normalized spacial score (nSPS) is 10.1. The number of esters is 1. The molecular weight excluding hydrogens is 370 g/mol. The van der Waals surface area contributed by atoms with E-state index in [2.05, 4.69) is 5.32 Å². The Hall–Kier alpha value is -2.87. The summed E-state index contributed by atoms with van der Waals surface area (Å²) in [7, 11) is 4.32. The van der Waals surface area contributed by atoms with Crippen molar-refractivity contribution in [3.63, 3.8) is 0 Å². The summed E-state index contributed by atoms with van der Waals surface area (Å²) in [5.74, 6) is -0.287. The first kappa shape index (κ1) is 20.4. The quantitative estimate of drug-likeness (QED) is 0.546. The molecular formula is C19H21NO6S. The first-order valence-corrected chi connectivity index (χ1v) is 9.17. The number of hydrogen-bond acceptors (Lipinski definition) is 7. The molecule has 2 rings (SSSR count). The number of anilines is 1. The highest BCUT2D eigenvalue weighted by Crippen LogP contribution is 2.39. The summed E-state index contributed by atoms with van der Waals surface area (Å²) >= 11 is 1.51. The second-order valence-electron chi connectivity index (χ2n) is 5.21. The highest BCUT2D eigenvalue weighted by atomic mass is 32.2. The zero-order chi connectivity index (χ0) is 19.8. The zero-order valence-corrected chi connectivity index (χ0v) is 16.3. The van der Waals surface area contributed by atoms with Crippen molar-refractivity contribution in [1.29, 1.82) is 0 Å². The van der Waals surface area contributed by atoms with Gasteiger partial charge >= 0.3 is 5.97 Å². The first-order chi connectivity index (χ1) is 13.0. The fourth-order valence-corrected chi connectivity index (χ4v) is 2.96. The number of thioether (sulfide) groups is 1. The van der Waals surface area contributed by atoms with Gasteiger partial charge in [0.15, 0.2) is 18.1 Å². The predicted molar refractivity (Wildman–Crippen MR) is 103 cm³/mol. The van der Waals surface area contributed by atoms with Gasteiger partial charge in [-0.15, -0.1) is 11.8 Å². The maximum absolute atomic E-state index is 12.4. The van der Waals surface area contributed by atoms with E-state index in [4.69, 9.17) is 18.9 Å². The molecule has 0 bridgehead atoms. The molecule has 0 heterocycles. The lowest BCUT2D eigenvalue weighted by molar-refractivity contribution is -0.119. The molecule has 27 heavy (non-hydrogen) atoms. The lowest BCUT2D eigenvalue weighted by Crippen LogP contribution is -2.21. The van der Waals surface area contributed by atoms with E-state index in [0.717, 1.165) is 4.90 Å². The second-order valence-corrected chi connectivity index (χ2v) is 6.05. The minimum Gasteiger partial charge on any atom is -0.493 e. The highest BCUT2D eigenvalue weighted by Gasteiger charge is 2.22. The van der Waals surface area contributed by atoms with E-state index < -0.39 is 18.5 Å². The van der Waals surface area contributed by atoms with Gasteiger partial charge in [-0.05, 0) is 30.5 Å². The Morgan fingerprint density at radius 1 is 0.963 bits per heavy atom. The average Bonchev–Trinajstić information content (AvgIpc) is 2.70. The van der Waals surface area contributed by atoms with Gasteiger partial charge in [0.1, 0.15) is 5.56 Å². The van der Waals surface area contributed by atoms with Crippen molar-refractivity contribution in [2.45, 2.75) is 4.90 Å². The third kappa shape index (κ3) is 4.85. The molecule has 0 atom stereocenters. The lowest BCUT2D eigenvalue weighted by Gasteiger charge is -2.15. The molecule has 0 spiro atoms. The molecule has 8 heteroatoms. The van der Waals surface area contributed by atoms with Crippen LogP contribution >= 0.6 is 11.8 Å². The summed E-state index contributed by atoms with van der Waals surface area (Å²) in [4.78, 5) is 25.4. The minimum atomic E-state index is -0.707. The predicted octanol–water partition coefficient (Wildman–Crippen LogP) is 3.23. The Morgan fingerprint density at radius 3 is 2.30 bits per heavy atom. The van der Waals surface area contributed by atoms with Gasteiger partial charge in [-0.25, -0.2) is 4.79 Å². The van der Waals surface area contributed by atoms with Crippen LogP contribution in [0.3, 0.4) is 0 Å². The molecule has 2 aromatic rings. The van der Waals surface area contributed by atoms with E-state index in [0.29, 0.717) is 11.4 Å². The smallest absolute Gasteiger partial charge is 0.342 e. The number of ether oxygens (including phenoxy) is 4. The molecule has 7 nitrogen and oxygen atoms in total. The van der Waals surface area contributed by atoms with Crippen LogP contribution in [0.5, 0.6) is 17.2 Å². The SMILES string of the molecule is COc1ccc(C(=O)OCC(=O)Nc2ccccc2SC)c(OC)c1OC. The summed E-state index contributed by atoms with van der Waals surface area (Å²) in [5.41, 5.74) is 0.794. The standard InChI is InChI=1S/C19H21NO6S/c1-23-14-10-9-12(17(24-2)18(14)25-3)19(22)26-11-16(21)20-13-7-5-6-8-15(13)27-4/h5-10H,11H2,1-4H3,(H,20,21). The maximum atomic E-state index is 12.4. The molecule has 144 valence electrons. The minimum absolute atomic E-state index is 0.132. The van der Waals surface area contributed by atoms with Gasteiger partial charge in [-0.3, -0.25) is 4.79 Å². The van der Waals surface area contributed by atoms with Crippen LogP contribution in [0.25, 0.3) is 0 Å². The third-order valence-corrected chi connectivity index (χ3v) is 4.44. The van der Waals surface area contributed by atoms with Gasteiger partial charge in [0.2, 0.25) is 5.75 Å². The Bertz CT molecular complexity index is 824. The number of nitrogens with one attached hydrogen (secondary N) is 1. The molecule has 0 aliphatic heterocycles. The third-order valence-electron chi connectivity index (χ3n) is 3.64. The van der Waals surface area contributed by atoms with Crippen LogP contribution in [-0.2, 0) is 9.53 Å². The molecule has 0 saturated heterocycles. The number of carbonyl (C=O) groups is 2. The van der Waals surface area contributed by atoms with E-state index in [9.17, 15) is 9.59 Å². The van der Waals surface area contributed by atoms with Gasteiger partial charge < -0.3 is 24.3 Å². The molecule has 2 aromatic carbocycles. The van der Waals surface area contributed by atoms with Crippen molar-refractivity contribution in [3.05, 3.63) is 42.0 Å². The molecule has 0 aliphatic carbocycles. The fourth-order valence-electron chi connectivity index (χ4n) is 2.41. The van der Waals surface area contributed by atoms with Crippen LogP contribution in [0.15, 0.2) is 41.3 Å². The van der Waals surface area contributed by atoms with Crippen molar-refractivity contribution < 1.29 is 28.5 Å². The lowest BCUT2D eigenvalue weighted by atomic mass is 10.1. The fraction of sp³-hybridized carbons (Fsp3) is 0.263. The maximum Gasteiger partial charge on any atom is 0.342 e. The van der Waals surface area contributed by atoms with Crippen LogP contribution in [0.1, 0.15) is 10.4 Å². The van der Waals surface area contributed by atoms with Crippen molar-refractivity contribution >= 4 is 29.3 Å². The second kappa shape index (κ2) is 9.72. The van der Waals surface area contributed by atoms with Gasteiger partial charge in [0, 0.05) is 4.90 Å². The number of hydrogen-bond donors (Lipinski definition) is 1. The molecule has 0 fully saturated rings. The topological polar surface area (TPSA) is 83.1 Å². The van der Waals surface area contributed by atoms with E-state index >= 15 is 0 Å². The van der Waals surface area contributed by atoms with Gasteiger partial charge in [0.25, 0.3) is 5.91 Å². The van der Waals surface area contributed by atoms with Crippen molar-refractivity contribution in [1.82, 2.24) is 0 Å². The van der Waals surface area contributed by atoms with E-state index in [-0.39, 0.29) is 17.1 Å². The van der Waals surface area contributed by atoms with E-state index in [1.807, 2.05) is 24.5 Å². The van der Waals surface area contributed by atoms with Crippen molar-refractivity contribution in [2.24, 2.45) is 0 Å². The summed E-state index contributed by atoms with van der Waals surface area (Å²) < 4.78 is 20.8.